The van der Waals surface area contributed by atoms with Gasteiger partial charge >= 0.3 is 0 Å². The van der Waals surface area contributed by atoms with Gasteiger partial charge in [-0.15, -0.1) is 11.3 Å². The normalized spacial score (nSPS) is 11.6. The van der Waals surface area contributed by atoms with Gasteiger partial charge in [0.25, 0.3) is 0 Å². The molecule has 2 rings (SSSR count). The van der Waals surface area contributed by atoms with Crippen LogP contribution in [0.2, 0.25) is 4.34 Å². The van der Waals surface area contributed by atoms with E-state index in [-0.39, 0.29) is 4.90 Å². The summed E-state index contributed by atoms with van der Waals surface area (Å²) in [5, 5.41) is 0. The summed E-state index contributed by atoms with van der Waals surface area (Å²) < 4.78 is 23.7. The number of nitrogen functional groups attached to an aromatic ring is 1. The highest BCUT2D eigenvalue weighted by Crippen LogP contribution is 2.29. The molecular weight excluding hydrogens is 316 g/mol. The third kappa shape index (κ3) is 3.45. The number of nitrogens with two attached hydrogens (primary N) is 1. The zero-order valence-electron chi connectivity index (χ0n) is 11.1. The summed E-state index contributed by atoms with van der Waals surface area (Å²) in [6.07, 6.45) is 1.17. The minimum absolute atomic E-state index is 0.228. The Hall–Kier alpha value is -1.24. The van der Waals surface area contributed by atoms with Gasteiger partial charge in [-0.3, -0.25) is 0 Å². The molecule has 1 aromatic heterocycles. The summed E-state index contributed by atoms with van der Waals surface area (Å²) in [5.74, 6) is 0. The fourth-order valence-corrected chi connectivity index (χ4v) is 3.66. The molecular formula is C13H15ClN2O2S2. The average molecular weight is 331 g/mol. The van der Waals surface area contributed by atoms with Crippen LogP contribution < -0.4 is 10.6 Å². The van der Waals surface area contributed by atoms with Crippen molar-refractivity contribution in [2.45, 2.75) is 11.4 Å². The molecule has 108 valence electrons. The summed E-state index contributed by atoms with van der Waals surface area (Å²) in [6.45, 7) is 0.666. The van der Waals surface area contributed by atoms with E-state index in [0.717, 1.165) is 14.9 Å². The van der Waals surface area contributed by atoms with E-state index in [0.29, 0.717) is 12.2 Å². The molecule has 4 nitrogen and oxygen atoms in total. The summed E-state index contributed by atoms with van der Waals surface area (Å²) in [6, 6.07) is 8.60. The molecule has 0 amide bonds. The van der Waals surface area contributed by atoms with Crippen LogP contribution in [-0.2, 0) is 16.4 Å². The van der Waals surface area contributed by atoms with E-state index in [4.69, 9.17) is 17.3 Å². The first-order valence-corrected chi connectivity index (χ1v) is 8.91. The summed E-state index contributed by atoms with van der Waals surface area (Å²) in [7, 11) is -1.34. The van der Waals surface area contributed by atoms with Crippen LogP contribution in [0, 0.1) is 0 Å². The van der Waals surface area contributed by atoms with E-state index in [1.165, 1.54) is 23.7 Å². The van der Waals surface area contributed by atoms with Crippen LogP contribution in [0.25, 0.3) is 0 Å². The van der Waals surface area contributed by atoms with Crippen molar-refractivity contribution in [1.29, 1.82) is 0 Å². The largest absolute Gasteiger partial charge is 0.397 e. The molecule has 1 heterocycles. The van der Waals surface area contributed by atoms with Gasteiger partial charge in [0.05, 0.1) is 27.2 Å². The topological polar surface area (TPSA) is 63.4 Å². The van der Waals surface area contributed by atoms with Gasteiger partial charge in [0, 0.05) is 18.2 Å². The van der Waals surface area contributed by atoms with Crippen LogP contribution in [0.5, 0.6) is 0 Å². The van der Waals surface area contributed by atoms with Gasteiger partial charge in [-0.05, 0) is 30.3 Å². The van der Waals surface area contributed by atoms with Crippen molar-refractivity contribution in [3.8, 4) is 0 Å². The number of hydrogen-bond donors (Lipinski definition) is 1. The highest BCUT2D eigenvalue weighted by atomic mass is 35.5. The third-order valence-electron chi connectivity index (χ3n) is 2.86. The Morgan fingerprint density at radius 2 is 2.00 bits per heavy atom. The second-order valence-electron chi connectivity index (χ2n) is 4.55. The van der Waals surface area contributed by atoms with Crippen LogP contribution >= 0.6 is 22.9 Å². The number of benzene rings is 1. The molecule has 20 heavy (non-hydrogen) atoms. The first-order chi connectivity index (χ1) is 9.27. The predicted octanol–water partition coefficient (Wildman–Crippen LogP) is 3.02. The first kappa shape index (κ1) is 15.2. The lowest BCUT2D eigenvalue weighted by Gasteiger charge is -2.20. The molecule has 0 saturated carbocycles. The van der Waals surface area contributed by atoms with E-state index in [1.54, 1.807) is 12.1 Å². The van der Waals surface area contributed by atoms with Crippen molar-refractivity contribution in [2.75, 3.05) is 23.9 Å². The number of rotatable bonds is 4. The Morgan fingerprint density at radius 1 is 1.30 bits per heavy atom. The lowest BCUT2D eigenvalue weighted by atomic mass is 10.2. The Labute approximate surface area is 127 Å². The number of sulfone groups is 1. The number of thiophene rings is 1. The fourth-order valence-electron chi connectivity index (χ4n) is 1.87. The molecule has 2 N–H and O–H groups in total. The van der Waals surface area contributed by atoms with Gasteiger partial charge in [-0.25, -0.2) is 8.42 Å². The number of anilines is 2. The fraction of sp³-hybridized carbons (Fsp3) is 0.231. The molecule has 7 heteroatoms. The van der Waals surface area contributed by atoms with Crippen molar-refractivity contribution in [3.63, 3.8) is 0 Å². The van der Waals surface area contributed by atoms with E-state index in [9.17, 15) is 8.42 Å². The van der Waals surface area contributed by atoms with Crippen molar-refractivity contribution in [2.24, 2.45) is 0 Å². The molecule has 0 spiro atoms. The Balaban J connectivity index is 2.24. The molecule has 0 radical (unpaired) electrons. The van der Waals surface area contributed by atoms with Crippen LogP contribution in [0.3, 0.4) is 0 Å². The SMILES string of the molecule is CN(Cc1ccc(Cl)s1)c1ccc(S(C)(=O)=O)cc1N. The molecule has 1 aromatic carbocycles. The summed E-state index contributed by atoms with van der Waals surface area (Å²) in [5.41, 5.74) is 7.19. The summed E-state index contributed by atoms with van der Waals surface area (Å²) in [4.78, 5) is 3.30. The van der Waals surface area contributed by atoms with Crippen molar-refractivity contribution >= 4 is 44.1 Å². The molecule has 0 saturated heterocycles. The van der Waals surface area contributed by atoms with Gasteiger partial charge in [-0.1, -0.05) is 11.6 Å². The number of halogens is 1. The monoisotopic (exact) mass is 330 g/mol. The molecule has 0 unspecified atom stereocenters. The maximum absolute atomic E-state index is 11.5. The smallest absolute Gasteiger partial charge is 0.175 e. The van der Waals surface area contributed by atoms with Crippen molar-refractivity contribution < 1.29 is 8.42 Å². The molecule has 2 aromatic rings. The van der Waals surface area contributed by atoms with Crippen LogP contribution in [-0.4, -0.2) is 21.7 Å². The lowest BCUT2D eigenvalue weighted by molar-refractivity contribution is 0.602. The van der Waals surface area contributed by atoms with Gasteiger partial charge in [0.1, 0.15) is 0 Å². The van der Waals surface area contributed by atoms with Gasteiger partial charge in [0.2, 0.25) is 0 Å². The molecule has 0 aliphatic heterocycles. The maximum atomic E-state index is 11.5. The van der Waals surface area contributed by atoms with Gasteiger partial charge in [0.15, 0.2) is 9.84 Å². The van der Waals surface area contributed by atoms with Gasteiger partial charge < -0.3 is 10.6 Å². The van der Waals surface area contributed by atoms with E-state index >= 15 is 0 Å². The third-order valence-corrected chi connectivity index (χ3v) is 5.19. The van der Waals surface area contributed by atoms with Crippen molar-refractivity contribution in [1.82, 2.24) is 0 Å². The Bertz CT molecular complexity index is 726. The molecule has 0 aliphatic rings. The van der Waals surface area contributed by atoms with Gasteiger partial charge in [-0.2, -0.15) is 0 Å². The molecule has 0 fully saturated rings. The quantitative estimate of drug-likeness (QED) is 0.875. The second-order valence-corrected chi connectivity index (χ2v) is 8.37. The summed E-state index contributed by atoms with van der Waals surface area (Å²) >= 11 is 7.41. The van der Waals surface area contributed by atoms with E-state index < -0.39 is 9.84 Å². The highest BCUT2D eigenvalue weighted by Gasteiger charge is 2.12. The predicted molar refractivity (Wildman–Crippen MR) is 85.4 cm³/mol. The zero-order valence-corrected chi connectivity index (χ0v) is 13.5. The molecule has 0 bridgehead atoms. The average Bonchev–Trinajstić information content (AvgIpc) is 2.73. The standard InChI is InChI=1S/C13H15ClN2O2S2/c1-16(8-9-3-6-13(14)19-9)12-5-4-10(7-11(12)15)20(2,17)18/h3-7H,8,15H2,1-2H3. The molecule has 0 aliphatic carbocycles. The minimum Gasteiger partial charge on any atom is -0.397 e. The van der Waals surface area contributed by atoms with E-state index in [2.05, 4.69) is 0 Å². The Kier molecular flexibility index (Phi) is 4.27. The van der Waals surface area contributed by atoms with Crippen LogP contribution in [0.1, 0.15) is 4.88 Å². The number of nitrogens with zero attached hydrogens (tertiary/aromatic N) is 1. The lowest BCUT2D eigenvalue weighted by Crippen LogP contribution is -2.17. The minimum atomic E-state index is -3.24. The highest BCUT2D eigenvalue weighted by molar-refractivity contribution is 7.90. The zero-order chi connectivity index (χ0) is 14.9. The Morgan fingerprint density at radius 3 is 2.50 bits per heavy atom. The first-order valence-electron chi connectivity index (χ1n) is 5.82. The molecule has 0 atom stereocenters. The van der Waals surface area contributed by atoms with Crippen LogP contribution in [0.4, 0.5) is 11.4 Å². The van der Waals surface area contributed by atoms with E-state index in [1.807, 2.05) is 24.1 Å². The number of hydrogen-bond acceptors (Lipinski definition) is 5. The van der Waals surface area contributed by atoms with Crippen LogP contribution in [0.15, 0.2) is 35.2 Å². The second kappa shape index (κ2) is 5.63. The maximum Gasteiger partial charge on any atom is 0.175 e. The van der Waals surface area contributed by atoms with Crippen molar-refractivity contribution in [3.05, 3.63) is 39.5 Å².